The van der Waals surface area contributed by atoms with E-state index < -0.39 is 5.97 Å². The smallest absolute Gasteiger partial charge is 0.303 e. The summed E-state index contributed by atoms with van der Waals surface area (Å²) in [6.07, 6.45) is 0.305. The lowest BCUT2D eigenvalue weighted by molar-refractivity contribution is -0.136. The Balaban J connectivity index is 2.42. The Morgan fingerprint density at radius 3 is 2.48 bits per heavy atom. The van der Waals surface area contributed by atoms with Gasteiger partial charge >= 0.3 is 5.97 Å². The molecule has 2 aromatic rings. The monoisotopic (exact) mass is 443 g/mol. The average Bonchev–Trinajstić information content (AvgIpc) is 2.55. The molecule has 25 heavy (non-hydrogen) atoms. The van der Waals surface area contributed by atoms with Crippen LogP contribution in [0.2, 0.25) is 10.0 Å². The molecule has 0 aliphatic heterocycles. The van der Waals surface area contributed by atoms with Gasteiger partial charge in [-0.25, -0.2) is 0 Å². The van der Waals surface area contributed by atoms with Crippen LogP contribution in [0.15, 0.2) is 40.9 Å². The van der Waals surface area contributed by atoms with Gasteiger partial charge < -0.3 is 10.0 Å². The van der Waals surface area contributed by atoms with Crippen LogP contribution in [-0.4, -0.2) is 23.5 Å². The topological polar surface area (TPSA) is 57.6 Å². The fraction of sp³-hybridized carbons (Fsp3) is 0.222. The summed E-state index contributed by atoms with van der Waals surface area (Å²) in [5, 5.41) is 9.69. The maximum absolute atomic E-state index is 13.0. The minimum absolute atomic E-state index is 0.0170. The maximum Gasteiger partial charge on any atom is 0.303 e. The van der Waals surface area contributed by atoms with Gasteiger partial charge in [0.15, 0.2) is 0 Å². The van der Waals surface area contributed by atoms with Crippen molar-refractivity contribution in [3.05, 3.63) is 62.0 Å². The second kappa shape index (κ2) is 8.70. The normalized spacial score (nSPS) is 10.6. The number of carboxylic acids is 1. The summed E-state index contributed by atoms with van der Waals surface area (Å²) in [6, 6.07) is 10.2. The molecule has 1 amide bonds. The number of hydrogen-bond acceptors (Lipinski definition) is 2. The Morgan fingerprint density at radius 2 is 1.88 bits per heavy atom. The number of anilines is 1. The second-order valence-electron chi connectivity index (χ2n) is 5.34. The van der Waals surface area contributed by atoms with Gasteiger partial charge in [0.05, 0.1) is 10.6 Å². The third kappa shape index (κ3) is 4.97. The molecule has 0 saturated heterocycles. The van der Waals surface area contributed by atoms with E-state index in [2.05, 4.69) is 15.9 Å². The summed E-state index contributed by atoms with van der Waals surface area (Å²) in [5.41, 5.74) is 1.79. The van der Waals surface area contributed by atoms with Gasteiger partial charge in [-0.15, -0.1) is 0 Å². The van der Waals surface area contributed by atoms with E-state index >= 15 is 0 Å². The van der Waals surface area contributed by atoms with Gasteiger partial charge in [-0.2, -0.15) is 0 Å². The van der Waals surface area contributed by atoms with Crippen LogP contribution >= 0.6 is 39.1 Å². The van der Waals surface area contributed by atoms with E-state index in [1.54, 1.807) is 23.1 Å². The van der Waals surface area contributed by atoms with Crippen molar-refractivity contribution in [2.24, 2.45) is 0 Å². The molecule has 0 heterocycles. The highest BCUT2D eigenvalue weighted by molar-refractivity contribution is 9.10. The molecule has 2 aromatic carbocycles. The number of carboxylic acid groups (broad SMARTS) is 1. The van der Waals surface area contributed by atoms with Gasteiger partial charge in [-0.1, -0.05) is 39.1 Å². The lowest BCUT2D eigenvalue weighted by Gasteiger charge is -2.24. The van der Waals surface area contributed by atoms with E-state index in [-0.39, 0.29) is 17.4 Å². The van der Waals surface area contributed by atoms with Crippen LogP contribution in [0, 0.1) is 0 Å². The predicted molar refractivity (Wildman–Crippen MR) is 104 cm³/mol. The molecule has 4 nitrogen and oxygen atoms in total. The highest BCUT2D eigenvalue weighted by atomic mass is 79.9. The van der Waals surface area contributed by atoms with Crippen LogP contribution in [-0.2, 0) is 11.2 Å². The fourth-order valence-electron chi connectivity index (χ4n) is 2.49. The summed E-state index contributed by atoms with van der Waals surface area (Å²) < 4.78 is 0.824. The fourth-order valence-corrected chi connectivity index (χ4v) is 3.39. The molecule has 0 unspecified atom stereocenters. The molecule has 0 fully saturated rings. The highest BCUT2D eigenvalue weighted by Gasteiger charge is 2.21. The average molecular weight is 445 g/mol. The Labute approximate surface area is 164 Å². The van der Waals surface area contributed by atoms with Gasteiger partial charge in [0.2, 0.25) is 0 Å². The van der Waals surface area contributed by atoms with Crippen LogP contribution in [0.4, 0.5) is 5.69 Å². The van der Waals surface area contributed by atoms with Crippen molar-refractivity contribution in [1.82, 2.24) is 0 Å². The quantitative estimate of drug-likeness (QED) is 0.645. The van der Waals surface area contributed by atoms with E-state index in [9.17, 15) is 9.59 Å². The highest BCUT2D eigenvalue weighted by Crippen LogP contribution is 2.29. The van der Waals surface area contributed by atoms with Gasteiger partial charge in [0.25, 0.3) is 5.91 Å². The first kappa shape index (κ1) is 19.8. The molecule has 0 atom stereocenters. The molecule has 2 rings (SSSR count). The molecule has 0 aliphatic rings. The summed E-state index contributed by atoms with van der Waals surface area (Å²) >= 11 is 15.4. The van der Waals surface area contributed by atoms with E-state index in [1.165, 1.54) is 6.07 Å². The van der Waals surface area contributed by atoms with Crippen LogP contribution < -0.4 is 4.90 Å². The molecular weight excluding hydrogens is 429 g/mol. The zero-order chi connectivity index (χ0) is 18.6. The molecule has 0 radical (unpaired) electrons. The van der Waals surface area contributed by atoms with Gasteiger partial charge in [0, 0.05) is 28.1 Å². The van der Waals surface area contributed by atoms with Crippen molar-refractivity contribution in [2.45, 2.75) is 19.8 Å². The minimum Gasteiger partial charge on any atom is -0.481 e. The molecule has 0 bridgehead atoms. The maximum atomic E-state index is 13.0. The third-order valence-electron chi connectivity index (χ3n) is 3.66. The van der Waals surface area contributed by atoms with Crippen molar-refractivity contribution < 1.29 is 14.7 Å². The molecule has 0 aliphatic carbocycles. The van der Waals surface area contributed by atoms with Crippen LogP contribution in [0.3, 0.4) is 0 Å². The van der Waals surface area contributed by atoms with E-state index in [0.29, 0.717) is 29.2 Å². The number of benzene rings is 2. The number of carbonyl (C=O) groups excluding carboxylic acids is 1. The van der Waals surface area contributed by atoms with Crippen molar-refractivity contribution in [2.75, 3.05) is 11.4 Å². The number of hydrogen-bond donors (Lipinski definition) is 1. The van der Waals surface area contributed by atoms with Crippen LogP contribution in [0.25, 0.3) is 0 Å². The minimum atomic E-state index is -0.888. The first-order valence-electron chi connectivity index (χ1n) is 7.60. The van der Waals surface area contributed by atoms with Gasteiger partial charge in [0.1, 0.15) is 0 Å². The number of nitrogens with zero attached hydrogens (tertiary/aromatic N) is 1. The largest absolute Gasteiger partial charge is 0.481 e. The number of halogens is 3. The Bertz CT molecular complexity index is 811. The first-order valence-corrected chi connectivity index (χ1v) is 9.15. The van der Waals surface area contributed by atoms with Gasteiger partial charge in [-0.05, 0) is 55.3 Å². The number of aliphatic carboxylic acids is 1. The van der Waals surface area contributed by atoms with Crippen molar-refractivity contribution in [3.8, 4) is 0 Å². The van der Waals surface area contributed by atoms with Gasteiger partial charge in [-0.3, -0.25) is 9.59 Å². The Morgan fingerprint density at radius 1 is 1.16 bits per heavy atom. The molecule has 7 heteroatoms. The second-order valence-corrected chi connectivity index (χ2v) is 7.10. The van der Waals surface area contributed by atoms with E-state index in [4.69, 9.17) is 28.3 Å². The molecular formula is C18H16BrCl2NO3. The Kier molecular flexibility index (Phi) is 6.87. The summed E-state index contributed by atoms with van der Waals surface area (Å²) in [5.74, 6) is -1.15. The Hall–Kier alpha value is -1.56. The zero-order valence-corrected chi connectivity index (χ0v) is 16.5. The molecule has 0 aromatic heterocycles. The zero-order valence-electron chi connectivity index (χ0n) is 13.4. The number of amides is 1. The van der Waals surface area contributed by atoms with E-state index in [0.717, 1.165) is 10.0 Å². The van der Waals surface area contributed by atoms with Crippen LogP contribution in [0.1, 0.15) is 29.3 Å². The number of rotatable bonds is 6. The third-order valence-corrected chi connectivity index (χ3v) is 4.70. The lowest BCUT2D eigenvalue weighted by atomic mass is 10.1. The molecule has 0 saturated carbocycles. The van der Waals surface area contributed by atoms with E-state index in [1.807, 2.05) is 19.1 Å². The predicted octanol–water partition coefficient (Wildman–Crippen LogP) is 5.44. The summed E-state index contributed by atoms with van der Waals surface area (Å²) in [7, 11) is 0. The van der Waals surface area contributed by atoms with Crippen molar-refractivity contribution in [1.29, 1.82) is 0 Å². The molecule has 132 valence electrons. The standard InChI is InChI=1S/C18H16BrCl2NO3/c1-2-22(18(25)14-6-5-13(20)10-15(14)21)16-7-4-12(19)9-11(16)3-8-17(23)24/h4-7,9-10H,2-3,8H2,1H3,(H,23,24). The summed E-state index contributed by atoms with van der Waals surface area (Å²) in [4.78, 5) is 25.5. The first-order chi connectivity index (χ1) is 11.8. The SMILES string of the molecule is CCN(C(=O)c1ccc(Cl)cc1Cl)c1ccc(Br)cc1CCC(=O)O. The summed E-state index contributed by atoms with van der Waals surface area (Å²) in [6.45, 7) is 2.27. The molecule has 1 N–H and O–H groups in total. The molecule has 0 spiro atoms. The number of carbonyl (C=O) groups is 2. The van der Waals surface area contributed by atoms with Crippen LogP contribution in [0.5, 0.6) is 0 Å². The van der Waals surface area contributed by atoms with Crippen molar-refractivity contribution in [3.63, 3.8) is 0 Å². The van der Waals surface area contributed by atoms with Crippen molar-refractivity contribution >= 4 is 56.7 Å². The lowest BCUT2D eigenvalue weighted by Crippen LogP contribution is -2.31. The number of aryl methyl sites for hydroxylation is 1.